The smallest absolute Gasteiger partial charge is 0.374 e. The monoisotopic (exact) mass is 389 g/mol. The number of imidazole rings is 1. The van der Waals surface area contributed by atoms with Gasteiger partial charge in [0.2, 0.25) is 5.60 Å². The van der Waals surface area contributed by atoms with Crippen molar-refractivity contribution in [1.82, 2.24) is 20.2 Å². The van der Waals surface area contributed by atoms with Gasteiger partial charge in [-0.05, 0) is 38.5 Å². The highest BCUT2D eigenvalue weighted by molar-refractivity contribution is 5.80. The number of aliphatic hydroxyl groups is 1. The second kappa shape index (κ2) is 8.95. The molecule has 1 saturated carbocycles. The van der Waals surface area contributed by atoms with E-state index >= 15 is 0 Å². The number of aromatic nitrogens is 2. The zero-order valence-electron chi connectivity index (χ0n) is 16.2. The van der Waals surface area contributed by atoms with Gasteiger partial charge in [0.05, 0.1) is 0 Å². The predicted octanol–water partition coefficient (Wildman–Crippen LogP) is 2.69. The van der Waals surface area contributed by atoms with E-state index in [-0.39, 0.29) is 12.6 Å². The number of halogens is 3. The molecule has 0 spiro atoms. The first-order valence-corrected chi connectivity index (χ1v) is 9.49. The minimum atomic E-state index is -4.84. The number of alkyl halides is 3. The molecule has 9 heteroatoms. The van der Waals surface area contributed by atoms with Crippen LogP contribution in [0.1, 0.15) is 51.8 Å². The highest BCUT2D eigenvalue weighted by Gasteiger charge is 2.57. The zero-order valence-corrected chi connectivity index (χ0v) is 16.2. The number of aryl methyl sites for hydroxylation is 1. The second-order valence-corrected chi connectivity index (χ2v) is 7.33. The molecule has 0 aliphatic heterocycles. The Morgan fingerprint density at radius 1 is 1.33 bits per heavy atom. The molecule has 6 nitrogen and oxygen atoms in total. The van der Waals surface area contributed by atoms with Gasteiger partial charge in [-0.1, -0.05) is 6.92 Å². The average Bonchev–Trinajstić information content (AvgIpc) is 3.02. The number of hydrogen-bond donors (Lipinski definition) is 3. The van der Waals surface area contributed by atoms with Gasteiger partial charge in [-0.3, -0.25) is 4.99 Å². The lowest BCUT2D eigenvalue weighted by molar-refractivity contribution is -0.272. The van der Waals surface area contributed by atoms with Crippen LogP contribution in [0.25, 0.3) is 0 Å². The molecule has 1 unspecified atom stereocenters. The fourth-order valence-electron chi connectivity index (χ4n) is 3.39. The zero-order chi connectivity index (χ0) is 20.1. The summed E-state index contributed by atoms with van der Waals surface area (Å²) in [6, 6.07) is 0.273. The summed E-state index contributed by atoms with van der Waals surface area (Å²) in [4.78, 5) is 7.96. The summed E-state index contributed by atoms with van der Waals surface area (Å²) in [7, 11) is 1.43. The van der Waals surface area contributed by atoms with Crippen LogP contribution in [0.15, 0.2) is 17.4 Å². The fourth-order valence-corrected chi connectivity index (χ4v) is 3.39. The standard InChI is InChI=1S/C18H30F3N5O/c1-4-22-16(25-14-7-5-13(2)6-8-14)24-10-9-17(27,18(19,20)21)15-23-11-12-26(15)3/h11-14,27H,4-10H2,1-3H3,(H2,22,24,25). The van der Waals surface area contributed by atoms with Gasteiger partial charge >= 0.3 is 6.18 Å². The molecule has 3 N–H and O–H groups in total. The van der Waals surface area contributed by atoms with Crippen molar-refractivity contribution in [3.05, 3.63) is 18.2 Å². The van der Waals surface area contributed by atoms with E-state index in [4.69, 9.17) is 0 Å². The van der Waals surface area contributed by atoms with Crippen molar-refractivity contribution < 1.29 is 18.3 Å². The quantitative estimate of drug-likeness (QED) is 0.517. The number of hydrogen-bond acceptors (Lipinski definition) is 3. The second-order valence-electron chi connectivity index (χ2n) is 7.33. The summed E-state index contributed by atoms with van der Waals surface area (Å²) in [5.74, 6) is 0.771. The molecule has 0 amide bonds. The van der Waals surface area contributed by atoms with Crippen LogP contribution in [-0.2, 0) is 12.6 Å². The van der Waals surface area contributed by atoms with E-state index in [1.807, 2.05) is 6.92 Å². The molecule has 1 aromatic rings. The van der Waals surface area contributed by atoms with Gasteiger partial charge in [0.1, 0.15) is 5.82 Å². The predicted molar refractivity (Wildman–Crippen MR) is 98.3 cm³/mol. The summed E-state index contributed by atoms with van der Waals surface area (Å²) >= 11 is 0. The molecule has 2 rings (SSSR count). The van der Waals surface area contributed by atoms with Crippen molar-refractivity contribution in [2.75, 3.05) is 13.1 Å². The molecule has 1 atom stereocenters. The minimum absolute atomic E-state index is 0.179. The van der Waals surface area contributed by atoms with Crippen molar-refractivity contribution in [3.8, 4) is 0 Å². The molecule has 1 aliphatic carbocycles. The van der Waals surface area contributed by atoms with Gasteiger partial charge in [-0.25, -0.2) is 4.98 Å². The maximum Gasteiger partial charge on any atom is 0.424 e. The summed E-state index contributed by atoms with van der Waals surface area (Å²) in [5.41, 5.74) is -3.04. The van der Waals surface area contributed by atoms with Crippen LogP contribution in [0.2, 0.25) is 0 Å². The molecule has 0 saturated heterocycles. The Hall–Kier alpha value is -1.77. The van der Waals surface area contributed by atoms with Crippen LogP contribution in [0.3, 0.4) is 0 Å². The molecule has 0 bridgehead atoms. The molecule has 1 aliphatic rings. The fraction of sp³-hybridized carbons (Fsp3) is 0.778. The molecule has 1 heterocycles. The highest BCUT2D eigenvalue weighted by Crippen LogP contribution is 2.40. The van der Waals surface area contributed by atoms with E-state index in [1.54, 1.807) is 0 Å². The Balaban J connectivity index is 2.06. The van der Waals surface area contributed by atoms with Crippen molar-refractivity contribution in [2.24, 2.45) is 18.0 Å². The average molecular weight is 389 g/mol. The summed E-state index contributed by atoms with van der Waals surface area (Å²) < 4.78 is 41.8. The minimum Gasteiger partial charge on any atom is -0.374 e. The normalized spacial score (nSPS) is 23.7. The highest BCUT2D eigenvalue weighted by atomic mass is 19.4. The number of rotatable bonds is 6. The van der Waals surface area contributed by atoms with Crippen molar-refractivity contribution in [2.45, 2.75) is 63.8 Å². The van der Waals surface area contributed by atoms with E-state index in [1.165, 1.54) is 24.0 Å². The largest absolute Gasteiger partial charge is 0.424 e. The lowest BCUT2D eigenvalue weighted by atomic mass is 9.87. The van der Waals surface area contributed by atoms with Gasteiger partial charge in [0.25, 0.3) is 0 Å². The summed E-state index contributed by atoms with van der Waals surface area (Å²) in [6.45, 7) is 4.56. The molecule has 1 aromatic heterocycles. The number of guanidine groups is 1. The van der Waals surface area contributed by atoms with Crippen LogP contribution >= 0.6 is 0 Å². The molecule has 0 radical (unpaired) electrons. The van der Waals surface area contributed by atoms with E-state index in [9.17, 15) is 18.3 Å². The topological polar surface area (TPSA) is 74.5 Å². The number of nitrogens with zero attached hydrogens (tertiary/aromatic N) is 3. The number of nitrogens with one attached hydrogen (secondary N) is 2. The Morgan fingerprint density at radius 2 is 2.00 bits per heavy atom. The third-order valence-corrected chi connectivity index (χ3v) is 5.10. The van der Waals surface area contributed by atoms with Crippen LogP contribution in [0.5, 0.6) is 0 Å². The Bertz CT molecular complexity index is 623. The van der Waals surface area contributed by atoms with Crippen LogP contribution in [0, 0.1) is 5.92 Å². The molecule has 27 heavy (non-hydrogen) atoms. The third-order valence-electron chi connectivity index (χ3n) is 5.10. The van der Waals surface area contributed by atoms with E-state index < -0.39 is 24.0 Å². The maximum atomic E-state index is 13.5. The molecule has 0 aromatic carbocycles. The van der Waals surface area contributed by atoms with Crippen LogP contribution in [-0.4, -0.2) is 45.9 Å². The SMILES string of the molecule is CCNC(=NCCC(O)(c1nccn1C)C(F)(F)F)NC1CCC(C)CC1. The lowest BCUT2D eigenvalue weighted by Crippen LogP contribution is -2.46. The molecular formula is C18H30F3N5O. The first-order valence-electron chi connectivity index (χ1n) is 9.49. The maximum absolute atomic E-state index is 13.5. The Labute approximate surface area is 158 Å². The van der Waals surface area contributed by atoms with Crippen molar-refractivity contribution in [3.63, 3.8) is 0 Å². The van der Waals surface area contributed by atoms with Crippen LogP contribution < -0.4 is 10.6 Å². The van der Waals surface area contributed by atoms with Crippen LogP contribution in [0.4, 0.5) is 13.2 Å². The third kappa shape index (κ3) is 5.37. The van der Waals surface area contributed by atoms with Crippen molar-refractivity contribution in [1.29, 1.82) is 0 Å². The molecule has 1 fully saturated rings. The Morgan fingerprint density at radius 3 is 2.52 bits per heavy atom. The van der Waals surface area contributed by atoms with Gasteiger partial charge in [-0.15, -0.1) is 0 Å². The van der Waals surface area contributed by atoms with Gasteiger partial charge in [0.15, 0.2) is 5.96 Å². The van der Waals surface area contributed by atoms with Crippen molar-refractivity contribution >= 4 is 5.96 Å². The van der Waals surface area contributed by atoms with E-state index in [0.29, 0.717) is 18.4 Å². The lowest BCUT2D eigenvalue weighted by Gasteiger charge is -2.30. The van der Waals surface area contributed by atoms with Gasteiger partial charge < -0.3 is 20.3 Å². The summed E-state index contributed by atoms with van der Waals surface area (Å²) in [6.07, 6.45) is 1.48. The first-order chi connectivity index (χ1) is 12.7. The molecule has 154 valence electrons. The first kappa shape index (κ1) is 21.5. The molecular weight excluding hydrogens is 359 g/mol. The van der Waals surface area contributed by atoms with E-state index in [0.717, 1.165) is 25.7 Å². The van der Waals surface area contributed by atoms with Gasteiger partial charge in [0, 0.05) is 45.0 Å². The number of aliphatic imine (C=N–C) groups is 1. The van der Waals surface area contributed by atoms with Gasteiger partial charge in [-0.2, -0.15) is 13.2 Å². The van der Waals surface area contributed by atoms with E-state index in [2.05, 4.69) is 27.5 Å². The Kier molecular flexibility index (Phi) is 7.13. The summed E-state index contributed by atoms with van der Waals surface area (Å²) in [5, 5.41) is 16.7.